The Morgan fingerprint density at radius 1 is 1.20 bits per heavy atom. The van der Waals surface area contributed by atoms with E-state index < -0.39 is 0 Å². The second kappa shape index (κ2) is 12.1. The highest BCUT2D eigenvalue weighted by atomic mass is 19.1. The molecular weight excluding hydrogens is 449 g/mol. The van der Waals surface area contributed by atoms with E-state index in [0.717, 1.165) is 5.56 Å². The molecule has 1 N–H and O–H groups in total. The minimum Gasteiger partial charge on any atom is -0.491 e. The topological polar surface area (TPSA) is 71.1 Å². The summed E-state index contributed by atoms with van der Waals surface area (Å²) in [5, 5.41) is 2.81. The fourth-order valence-corrected chi connectivity index (χ4v) is 4.27. The van der Waals surface area contributed by atoms with E-state index in [2.05, 4.69) is 24.1 Å². The van der Waals surface area contributed by atoms with Gasteiger partial charge in [-0.3, -0.25) is 14.5 Å². The second-order valence-electron chi connectivity index (χ2n) is 9.27. The Kier molecular flexibility index (Phi) is 9.23. The second-order valence-corrected chi connectivity index (χ2v) is 9.27. The Bertz CT molecular complexity index is 1030. The molecule has 3 rings (SSSR count). The third-order valence-corrected chi connectivity index (χ3v) is 6.45. The number of halogens is 1. The third kappa shape index (κ3) is 7.02. The summed E-state index contributed by atoms with van der Waals surface area (Å²) < 4.78 is 25.8. The number of methoxy groups -OCH3 is 1. The maximum absolute atomic E-state index is 13.8. The van der Waals surface area contributed by atoms with Gasteiger partial charge >= 0.3 is 0 Å². The first-order chi connectivity index (χ1) is 16.7. The number of nitrogens with zero attached hydrogens (tertiary/aromatic N) is 2. The Labute approximate surface area is 207 Å². The van der Waals surface area contributed by atoms with Crippen LogP contribution in [0.25, 0.3) is 0 Å². The first-order valence-electron chi connectivity index (χ1n) is 12.0. The van der Waals surface area contributed by atoms with Crippen LogP contribution >= 0.6 is 0 Å². The maximum atomic E-state index is 13.8. The number of benzene rings is 2. The lowest BCUT2D eigenvalue weighted by Crippen LogP contribution is -2.46. The number of hydrogen-bond donors (Lipinski definition) is 1. The summed E-state index contributed by atoms with van der Waals surface area (Å²) in [5.41, 5.74) is 1.81. The number of anilines is 1. The maximum Gasteiger partial charge on any atom is 0.257 e. The van der Waals surface area contributed by atoms with E-state index in [-0.39, 0.29) is 35.7 Å². The van der Waals surface area contributed by atoms with E-state index in [0.29, 0.717) is 49.7 Å². The Morgan fingerprint density at radius 3 is 2.66 bits per heavy atom. The van der Waals surface area contributed by atoms with Gasteiger partial charge in [-0.2, -0.15) is 0 Å². The number of carbonyl (C=O) groups excluding carboxylic acids is 2. The summed E-state index contributed by atoms with van der Waals surface area (Å²) in [6.07, 6.45) is 0.144. The van der Waals surface area contributed by atoms with Crippen molar-refractivity contribution in [1.82, 2.24) is 9.80 Å². The SMILES string of the molecule is CCC(=O)Nc1ccc2c(c1)C(=O)N(C)C[C@H](OC)[C@H](C)CN(Cc1cccc(F)c1)[C@@H](C)CO2. The van der Waals surface area contributed by atoms with Crippen LogP contribution in [0, 0.1) is 11.7 Å². The lowest BCUT2D eigenvalue weighted by Gasteiger charge is -2.36. The minimum atomic E-state index is -0.261. The summed E-state index contributed by atoms with van der Waals surface area (Å²) >= 11 is 0. The molecular formula is C27H36FN3O4. The summed E-state index contributed by atoms with van der Waals surface area (Å²) in [7, 11) is 3.39. The van der Waals surface area contributed by atoms with Crippen molar-refractivity contribution in [2.75, 3.05) is 39.2 Å². The Morgan fingerprint density at radius 2 is 1.97 bits per heavy atom. The monoisotopic (exact) mass is 485 g/mol. The minimum absolute atomic E-state index is 0.0159. The summed E-state index contributed by atoms with van der Waals surface area (Å²) in [6.45, 7) is 7.91. The zero-order valence-electron chi connectivity index (χ0n) is 21.2. The molecule has 3 atom stereocenters. The fourth-order valence-electron chi connectivity index (χ4n) is 4.27. The molecule has 0 unspecified atom stereocenters. The molecule has 2 aromatic carbocycles. The smallest absolute Gasteiger partial charge is 0.257 e. The number of rotatable bonds is 5. The van der Waals surface area contributed by atoms with Crippen LogP contribution in [0.15, 0.2) is 42.5 Å². The van der Waals surface area contributed by atoms with Gasteiger partial charge in [0.25, 0.3) is 5.91 Å². The van der Waals surface area contributed by atoms with E-state index in [1.807, 2.05) is 6.07 Å². The van der Waals surface area contributed by atoms with E-state index in [4.69, 9.17) is 9.47 Å². The van der Waals surface area contributed by atoms with Crippen molar-refractivity contribution < 1.29 is 23.5 Å². The molecule has 0 saturated heterocycles. The van der Waals surface area contributed by atoms with Gasteiger partial charge in [0.15, 0.2) is 0 Å². The van der Waals surface area contributed by atoms with Gasteiger partial charge in [0, 0.05) is 51.9 Å². The van der Waals surface area contributed by atoms with E-state index >= 15 is 0 Å². The number of hydrogen-bond acceptors (Lipinski definition) is 5. The van der Waals surface area contributed by atoms with E-state index in [1.54, 1.807) is 56.3 Å². The van der Waals surface area contributed by atoms with Crippen LogP contribution in [-0.4, -0.2) is 67.6 Å². The van der Waals surface area contributed by atoms with Crippen LogP contribution in [0.4, 0.5) is 10.1 Å². The van der Waals surface area contributed by atoms with Crippen molar-refractivity contribution in [2.45, 2.75) is 45.9 Å². The van der Waals surface area contributed by atoms with Crippen LogP contribution in [0.2, 0.25) is 0 Å². The van der Waals surface area contributed by atoms with Gasteiger partial charge in [-0.25, -0.2) is 4.39 Å². The molecule has 0 radical (unpaired) electrons. The number of amides is 2. The molecule has 1 heterocycles. The van der Waals surface area contributed by atoms with Gasteiger partial charge in [-0.15, -0.1) is 0 Å². The molecule has 2 amide bonds. The van der Waals surface area contributed by atoms with Gasteiger partial charge in [-0.05, 0) is 48.7 Å². The predicted molar refractivity (Wildman–Crippen MR) is 134 cm³/mol. The van der Waals surface area contributed by atoms with E-state index in [9.17, 15) is 14.0 Å². The highest BCUT2D eigenvalue weighted by Gasteiger charge is 2.28. The van der Waals surface area contributed by atoms with Gasteiger partial charge in [0.1, 0.15) is 18.2 Å². The largest absolute Gasteiger partial charge is 0.491 e. The average Bonchev–Trinajstić information content (AvgIpc) is 2.84. The van der Waals surface area contributed by atoms with Crippen molar-refractivity contribution in [3.63, 3.8) is 0 Å². The molecule has 0 aliphatic carbocycles. The molecule has 7 nitrogen and oxygen atoms in total. The van der Waals surface area contributed by atoms with Crippen molar-refractivity contribution in [1.29, 1.82) is 0 Å². The number of nitrogens with one attached hydrogen (secondary N) is 1. The van der Waals surface area contributed by atoms with Crippen molar-refractivity contribution >= 4 is 17.5 Å². The molecule has 35 heavy (non-hydrogen) atoms. The molecule has 0 saturated carbocycles. The van der Waals surface area contributed by atoms with Gasteiger partial charge < -0.3 is 19.7 Å². The molecule has 1 aliphatic heterocycles. The summed E-state index contributed by atoms with van der Waals surface area (Å²) in [5.74, 6) is -0.0400. The highest BCUT2D eigenvalue weighted by molar-refractivity contribution is 5.99. The Balaban J connectivity index is 1.94. The lowest BCUT2D eigenvalue weighted by molar-refractivity contribution is -0.115. The van der Waals surface area contributed by atoms with Crippen LogP contribution in [-0.2, 0) is 16.1 Å². The lowest BCUT2D eigenvalue weighted by atomic mass is 10.0. The zero-order chi connectivity index (χ0) is 25.5. The first-order valence-corrected chi connectivity index (χ1v) is 12.0. The molecule has 0 aromatic heterocycles. The molecule has 0 fully saturated rings. The number of likely N-dealkylation sites (N-methyl/N-ethyl adjacent to an activating group) is 1. The first kappa shape index (κ1) is 26.6. The molecule has 2 aromatic rings. The molecule has 0 spiro atoms. The van der Waals surface area contributed by atoms with Crippen molar-refractivity contribution in [3.05, 3.63) is 59.4 Å². The highest BCUT2D eigenvalue weighted by Crippen LogP contribution is 2.27. The number of ether oxygens (including phenoxy) is 2. The number of carbonyl (C=O) groups is 2. The molecule has 190 valence electrons. The zero-order valence-corrected chi connectivity index (χ0v) is 21.2. The van der Waals surface area contributed by atoms with Gasteiger partial charge in [-0.1, -0.05) is 26.0 Å². The van der Waals surface area contributed by atoms with E-state index in [1.165, 1.54) is 6.07 Å². The van der Waals surface area contributed by atoms with Crippen LogP contribution < -0.4 is 10.1 Å². The standard InChI is InChI=1S/C27H36FN3O4/c1-6-26(32)29-22-10-11-24-23(13-22)27(33)30(4)16-25(34-5)18(2)14-31(19(3)17-35-24)15-20-8-7-9-21(28)12-20/h7-13,18-19,25H,6,14-17H2,1-5H3,(H,29,32)/t18-,19+,25+/m1/s1. The molecule has 8 heteroatoms. The van der Waals surface area contributed by atoms with Crippen molar-refractivity contribution in [3.8, 4) is 5.75 Å². The van der Waals surface area contributed by atoms with Crippen LogP contribution in [0.3, 0.4) is 0 Å². The Hall–Kier alpha value is -2.97. The normalized spacial score (nSPS) is 21.9. The van der Waals surface area contributed by atoms with Gasteiger partial charge in [0.2, 0.25) is 5.91 Å². The third-order valence-electron chi connectivity index (χ3n) is 6.45. The average molecular weight is 486 g/mol. The number of fused-ring (bicyclic) bond motifs is 1. The van der Waals surface area contributed by atoms with Crippen molar-refractivity contribution in [2.24, 2.45) is 5.92 Å². The van der Waals surface area contributed by atoms with Gasteiger partial charge in [0.05, 0.1) is 11.7 Å². The predicted octanol–water partition coefficient (Wildman–Crippen LogP) is 4.18. The van der Waals surface area contributed by atoms with Crippen LogP contribution in [0.5, 0.6) is 5.75 Å². The quantitative estimate of drug-likeness (QED) is 0.688. The summed E-state index contributed by atoms with van der Waals surface area (Å²) in [4.78, 5) is 29.1. The summed E-state index contributed by atoms with van der Waals surface area (Å²) in [6, 6.07) is 11.7. The molecule has 0 bridgehead atoms. The van der Waals surface area contributed by atoms with Crippen LogP contribution in [0.1, 0.15) is 43.1 Å². The molecule has 1 aliphatic rings. The fraction of sp³-hybridized carbons (Fsp3) is 0.481.